The van der Waals surface area contributed by atoms with Crippen LogP contribution in [0.15, 0.2) is 30.3 Å². The molecule has 0 aliphatic carbocycles. The van der Waals surface area contributed by atoms with Crippen LogP contribution in [0.5, 0.6) is 0 Å². The molecule has 2 aromatic rings. The Bertz CT molecular complexity index is 500. The summed E-state index contributed by atoms with van der Waals surface area (Å²) in [6.07, 6.45) is 1.71. The number of para-hydroxylation sites is 1. The molecule has 0 bridgehead atoms. The number of anilines is 1. The summed E-state index contributed by atoms with van der Waals surface area (Å²) in [5, 5.41) is 0. The summed E-state index contributed by atoms with van der Waals surface area (Å²) in [4.78, 5) is 8.85. The molecule has 2 rings (SSSR count). The molecule has 1 aromatic heterocycles. The predicted molar refractivity (Wildman–Crippen MR) is 69.8 cm³/mol. The fraction of sp³-hybridized carbons (Fsp3) is 0.286. The minimum atomic E-state index is 0.830. The minimum absolute atomic E-state index is 0.830. The van der Waals surface area contributed by atoms with Crippen LogP contribution in [-0.2, 0) is 12.8 Å². The van der Waals surface area contributed by atoms with Crippen molar-refractivity contribution < 1.29 is 0 Å². The van der Waals surface area contributed by atoms with Crippen molar-refractivity contribution in [3.8, 4) is 0 Å². The lowest BCUT2D eigenvalue weighted by Gasteiger charge is -2.05. The molecular formula is C14H17N3. The number of hydrogen-bond donors (Lipinski definition) is 1. The van der Waals surface area contributed by atoms with Crippen LogP contribution in [0, 0.1) is 13.8 Å². The fourth-order valence-corrected chi connectivity index (χ4v) is 1.92. The third kappa shape index (κ3) is 3.03. The second-order valence-electron chi connectivity index (χ2n) is 4.27. The Balaban J connectivity index is 2.10. The van der Waals surface area contributed by atoms with E-state index in [1.54, 1.807) is 0 Å². The smallest absolute Gasteiger partial charge is 0.129 e. The maximum Gasteiger partial charge on any atom is 0.129 e. The molecule has 1 heterocycles. The SMILES string of the molecule is Cc1cc(C)nc(CCc2ccccc2N)n1. The molecular weight excluding hydrogens is 210 g/mol. The van der Waals surface area contributed by atoms with Crippen LogP contribution >= 0.6 is 0 Å². The van der Waals surface area contributed by atoms with E-state index < -0.39 is 0 Å². The van der Waals surface area contributed by atoms with Gasteiger partial charge in [0, 0.05) is 23.5 Å². The van der Waals surface area contributed by atoms with Gasteiger partial charge >= 0.3 is 0 Å². The lowest BCUT2D eigenvalue weighted by molar-refractivity contribution is 0.835. The molecule has 1 aromatic carbocycles. The number of hydrogen-bond acceptors (Lipinski definition) is 3. The van der Waals surface area contributed by atoms with Gasteiger partial charge in [-0.05, 0) is 38.0 Å². The lowest BCUT2D eigenvalue weighted by atomic mass is 10.1. The molecule has 3 nitrogen and oxygen atoms in total. The van der Waals surface area contributed by atoms with E-state index in [0.717, 1.165) is 41.3 Å². The summed E-state index contributed by atoms with van der Waals surface area (Å²) in [5.41, 5.74) is 9.95. The van der Waals surface area contributed by atoms with Crippen molar-refractivity contribution in [3.05, 3.63) is 53.1 Å². The van der Waals surface area contributed by atoms with Gasteiger partial charge in [0.1, 0.15) is 5.82 Å². The Morgan fingerprint density at radius 1 is 1.00 bits per heavy atom. The van der Waals surface area contributed by atoms with Gasteiger partial charge in [-0.15, -0.1) is 0 Å². The number of nitrogens with two attached hydrogens (primary N) is 1. The predicted octanol–water partition coefficient (Wildman–Crippen LogP) is 2.46. The topological polar surface area (TPSA) is 51.8 Å². The summed E-state index contributed by atoms with van der Waals surface area (Å²) < 4.78 is 0. The van der Waals surface area contributed by atoms with Crippen LogP contribution in [0.3, 0.4) is 0 Å². The molecule has 0 saturated carbocycles. The first-order valence-corrected chi connectivity index (χ1v) is 5.79. The highest BCUT2D eigenvalue weighted by atomic mass is 14.9. The summed E-state index contributed by atoms with van der Waals surface area (Å²) in [5.74, 6) is 0.894. The van der Waals surface area contributed by atoms with Crippen molar-refractivity contribution in [1.82, 2.24) is 9.97 Å². The van der Waals surface area contributed by atoms with Gasteiger partial charge in [-0.3, -0.25) is 0 Å². The zero-order chi connectivity index (χ0) is 12.3. The van der Waals surface area contributed by atoms with E-state index in [0.29, 0.717) is 0 Å². The summed E-state index contributed by atoms with van der Waals surface area (Å²) in [7, 11) is 0. The molecule has 0 fully saturated rings. The highest BCUT2D eigenvalue weighted by Crippen LogP contribution is 2.13. The molecule has 2 N–H and O–H groups in total. The lowest BCUT2D eigenvalue weighted by Crippen LogP contribution is -2.02. The molecule has 0 amide bonds. The van der Waals surface area contributed by atoms with E-state index in [2.05, 4.69) is 16.0 Å². The minimum Gasteiger partial charge on any atom is -0.399 e. The summed E-state index contributed by atoms with van der Waals surface area (Å²) in [6, 6.07) is 9.93. The van der Waals surface area contributed by atoms with Crippen molar-refractivity contribution in [2.24, 2.45) is 0 Å². The number of aryl methyl sites for hydroxylation is 4. The molecule has 0 unspecified atom stereocenters. The number of benzene rings is 1. The van der Waals surface area contributed by atoms with Crippen molar-refractivity contribution in [2.45, 2.75) is 26.7 Å². The molecule has 3 heteroatoms. The Morgan fingerprint density at radius 3 is 2.29 bits per heavy atom. The Kier molecular flexibility index (Phi) is 3.38. The van der Waals surface area contributed by atoms with Gasteiger partial charge < -0.3 is 5.73 Å². The van der Waals surface area contributed by atoms with Gasteiger partial charge in [-0.25, -0.2) is 9.97 Å². The van der Waals surface area contributed by atoms with Crippen molar-refractivity contribution in [1.29, 1.82) is 0 Å². The van der Waals surface area contributed by atoms with E-state index in [1.807, 2.05) is 38.1 Å². The average molecular weight is 227 g/mol. The van der Waals surface area contributed by atoms with Gasteiger partial charge in [-0.1, -0.05) is 18.2 Å². The highest BCUT2D eigenvalue weighted by molar-refractivity contribution is 5.46. The largest absolute Gasteiger partial charge is 0.399 e. The molecule has 0 aliphatic rings. The fourth-order valence-electron chi connectivity index (χ4n) is 1.92. The van der Waals surface area contributed by atoms with Crippen LogP contribution in [-0.4, -0.2) is 9.97 Å². The Morgan fingerprint density at radius 2 is 1.65 bits per heavy atom. The molecule has 0 aliphatic heterocycles. The summed E-state index contributed by atoms with van der Waals surface area (Å²) >= 11 is 0. The zero-order valence-electron chi connectivity index (χ0n) is 10.3. The number of nitrogens with zero attached hydrogens (tertiary/aromatic N) is 2. The van der Waals surface area contributed by atoms with Crippen LogP contribution < -0.4 is 5.73 Å². The molecule has 0 spiro atoms. The van der Waals surface area contributed by atoms with Crippen molar-refractivity contribution in [3.63, 3.8) is 0 Å². The first-order chi connectivity index (χ1) is 8.15. The van der Waals surface area contributed by atoms with Gasteiger partial charge in [0.2, 0.25) is 0 Å². The van der Waals surface area contributed by atoms with Gasteiger partial charge in [0.25, 0.3) is 0 Å². The van der Waals surface area contributed by atoms with Gasteiger partial charge in [-0.2, -0.15) is 0 Å². The first-order valence-electron chi connectivity index (χ1n) is 5.79. The van der Waals surface area contributed by atoms with Crippen LogP contribution in [0.25, 0.3) is 0 Å². The first kappa shape index (κ1) is 11.6. The third-order valence-electron chi connectivity index (χ3n) is 2.70. The van der Waals surface area contributed by atoms with Crippen molar-refractivity contribution in [2.75, 3.05) is 5.73 Å². The van der Waals surface area contributed by atoms with Crippen LogP contribution in [0.2, 0.25) is 0 Å². The third-order valence-corrected chi connectivity index (χ3v) is 2.70. The maximum absolute atomic E-state index is 5.90. The van der Waals surface area contributed by atoms with E-state index >= 15 is 0 Å². The van der Waals surface area contributed by atoms with E-state index in [1.165, 1.54) is 0 Å². The zero-order valence-corrected chi connectivity index (χ0v) is 10.3. The highest BCUT2D eigenvalue weighted by Gasteiger charge is 2.02. The number of rotatable bonds is 3. The second kappa shape index (κ2) is 4.95. The number of nitrogen functional groups attached to an aromatic ring is 1. The van der Waals surface area contributed by atoms with Gasteiger partial charge in [0.05, 0.1) is 0 Å². The van der Waals surface area contributed by atoms with Crippen molar-refractivity contribution >= 4 is 5.69 Å². The van der Waals surface area contributed by atoms with E-state index in [4.69, 9.17) is 5.73 Å². The quantitative estimate of drug-likeness (QED) is 0.819. The molecule has 0 atom stereocenters. The monoisotopic (exact) mass is 227 g/mol. The van der Waals surface area contributed by atoms with E-state index in [9.17, 15) is 0 Å². The molecule has 0 radical (unpaired) electrons. The molecule has 0 saturated heterocycles. The summed E-state index contributed by atoms with van der Waals surface area (Å²) in [6.45, 7) is 3.99. The van der Waals surface area contributed by atoms with Crippen LogP contribution in [0.4, 0.5) is 5.69 Å². The second-order valence-corrected chi connectivity index (χ2v) is 4.27. The molecule has 17 heavy (non-hydrogen) atoms. The maximum atomic E-state index is 5.90. The van der Waals surface area contributed by atoms with Crippen LogP contribution in [0.1, 0.15) is 22.8 Å². The molecule has 88 valence electrons. The normalized spacial score (nSPS) is 10.5. The average Bonchev–Trinajstić information content (AvgIpc) is 2.27. The number of aromatic nitrogens is 2. The van der Waals surface area contributed by atoms with E-state index in [-0.39, 0.29) is 0 Å². The standard InChI is InChI=1S/C14H17N3/c1-10-9-11(2)17-14(16-10)8-7-12-5-3-4-6-13(12)15/h3-6,9H,7-8,15H2,1-2H3. The Hall–Kier alpha value is -1.90. The van der Waals surface area contributed by atoms with Gasteiger partial charge in [0.15, 0.2) is 0 Å². The Labute approximate surface area is 102 Å².